The topological polar surface area (TPSA) is 25.4 Å². The van der Waals surface area contributed by atoms with Crippen molar-refractivity contribution >= 4 is 131 Å². The minimum atomic E-state index is -0.186. The van der Waals surface area contributed by atoms with Crippen molar-refractivity contribution in [1.82, 2.24) is 0 Å². The van der Waals surface area contributed by atoms with Crippen LogP contribution in [0.2, 0.25) is 0 Å². The van der Waals surface area contributed by atoms with Gasteiger partial charge in [0.2, 0.25) is 0 Å². The fourth-order valence-corrected chi connectivity index (χ4v) is 15.8. The van der Waals surface area contributed by atoms with Crippen molar-refractivity contribution in [3.05, 3.63) is 345 Å². The number of fused-ring (bicyclic) bond motifs is 8. The van der Waals surface area contributed by atoms with Gasteiger partial charge in [-0.1, -0.05) is 218 Å². The van der Waals surface area contributed by atoms with Crippen molar-refractivity contribution in [3.63, 3.8) is 0 Å². The number of allylic oxidation sites excluding steroid dienone is 1. The van der Waals surface area contributed by atoms with Gasteiger partial charge in [-0.3, -0.25) is 0 Å². The third kappa shape index (κ3) is 8.73. The SMILES string of the molecule is C1=C(c2ccccc2)[C@@H](N2c3cc4c(cc3B3c5ccccc5N(c5ccccc5)c5cc(N(c6ccccc6)c6ccccc6)cc2c53)B2c3ccccc3Oc3cc(N(c5ccccc5)c5ccccc5)cc(c32)N4c2ccccc2)C(c2ccccc2)CC1. The molecule has 18 rings (SSSR count). The second kappa shape index (κ2) is 22.2. The smallest absolute Gasteiger partial charge is 0.256 e. The van der Waals surface area contributed by atoms with Crippen molar-refractivity contribution in [2.24, 2.45) is 0 Å². The van der Waals surface area contributed by atoms with Crippen molar-refractivity contribution in [3.8, 4) is 11.5 Å². The van der Waals surface area contributed by atoms with Crippen molar-refractivity contribution in [2.45, 2.75) is 24.8 Å². The minimum Gasteiger partial charge on any atom is -0.458 e. The Balaban J connectivity index is 0.984. The van der Waals surface area contributed by atoms with Gasteiger partial charge in [-0.25, -0.2) is 0 Å². The Labute approximate surface area is 538 Å². The molecule has 1 aliphatic carbocycles. The first-order valence-corrected chi connectivity index (χ1v) is 32.2. The molecule has 4 aliphatic heterocycles. The highest BCUT2D eigenvalue weighted by molar-refractivity contribution is 7.02. The third-order valence-corrected chi connectivity index (χ3v) is 19.5. The molecule has 13 aromatic carbocycles. The number of benzene rings is 13. The summed E-state index contributed by atoms with van der Waals surface area (Å²) in [5.74, 6) is 1.81. The van der Waals surface area contributed by atoms with Gasteiger partial charge in [0, 0.05) is 80.2 Å². The highest BCUT2D eigenvalue weighted by atomic mass is 16.5. The van der Waals surface area contributed by atoms with Crippen LogP contribution < -0.4 is 62.0 Å². The van der Waals surface area contributed by atoms with E-state index in [2.05, 4.69) is 358 Å². The van der Waals surface area contributed by atoms with E-state index < -0.39 is 0 Å². The highest BCUT2D eigenvalue weighted by Crippen LogP contribution is 2.53. The quantitative estimate of drug-likeness (QED) is 0.120. The predicted molar refractivity (Wildman–Crippen MR) is 386 cm³/mol. The largest absolute Gasteiger partial charge is 0.458 e. The second-order valence-electron chi connectivity index (χ2n) is 24.6. The average Bonchev–Trinajstić information content (AvgIpc) is 0.688. The maximum Gasteiger partial charge on any atom is 0.256 e. The number of para-hydroxylation sites is 8. The number of anilines is 14. The molecule has 0 amide bonds. The summed E-state index contributed by atoms with van der Waals surface area (Å²) in [6, 6.07) is 121. The molecule has 0 bridgehead atoms. The first-order chi connectivity index (χ1) is 45.7. The van der Waals surface area contributed by atoms with Crippen LogP contribution in [0.4, 0.5) is 79.6 Å². The summed E-state index contributed by atoms with van der Waals surface area (Å²) in [6.45, 7) is -0.366. The van der Waals surface area contributed by atoms with Gasteiger partial charge >= 0.3 is 0 Å². The molecule has 1 unspecified atom stereocenters. The maximum atomic E-state index is 7.33. The van der Waals surface area contributed by atoms with Crippen LogP contribution in [0, 0.1) is 0 Å². The Kier molecular flexibility index (Phi) is 12.9. The lowest BCUT2D eigenvalue weighted by Gasteiger charge is -2.51. The first kappa shape index (κ1) is 53.5. The van der Waals surface area contributed by atoms with Crippen LogP contribution in [-0.4, -0.2) is 19.5 Å². The lowest BCUT2D eigenvalue weighted by molar-refractivity contribution is 0.487. The Morgan fingerprint density at radius 2 is 0.772 bits per heavy atom. The molecule has 0 spiro atoms. The molecule has 0 radical (unpaired) electrons. The summed E-state index contributed by atoms with van der Waals surface area (Å²) in [6.07, 6.45) is 4.48. The second-order valence-corrected chi connectivity index (χ2v) is 24.6. The summed E-state index contributed by atoms with van der Waals surface area (Å²) in [5.41, 5.74) is 26.6. The number of rotatable bonds is 11. The van der Waals surface area contributed by atoms with Crippen LogP contribution in [0.25, 0.3) is 5.57 Å². The van der Waals surface area contributed by atoms with E-state index in [1.165, 1.54) is 49.9 Å². The lowest BCUT2D eigenvalue weighted by Crippen LogP contribution is -2.65. The molecule has 8 heteroatoms. The number of hydrogen-bond acceptors (Lipinski definition) is 6. The van der Waals surface area contributed by atoms with E-state index in [4.69, 9.17) is 4.74 Å². The van der Waals surface area contributed by atoms with E-state index in [1.807, 2.05) is 0 Å². The zero-order chi connectivity index (χ0) is 60.6. The van der Waals surface area contributed by atoms with Crippen LogP contribution in [0.15, 0.2) is 334 Å². The van der Waals surface area contributed by atoms with Gasteiger partial charge in [-0.05, 0) is 172 Å². The molecule has 0 saturated heterocycles. The van der Waals surface area contributed by atoms with E-state index in [-0.39, 0.29) is 25.4 Å². The summed E-state index contributed by atoms with van der Waals surface area (Å²) >= 11 is 0. The Morgan fingerprint density at radius 1 is 0.326 bits per heavy atom. The summed E-state index contributed by atoms with van der Waals surface area (Å²) < 4.78 is 7.33. The van der Waals surface area contributed by atoms with Gasteiger partial charge in [0.25, 0.3) is 13.4 Å². The third-order valence-electron chi connectivity index (χ3n) is 19.5. The fraction of sp³-hybridized carbons (Fsp3) is 0.0476. The summed E-state index contributed by atoms with van der Waals surface area (Å²) in [5, 5.41) is 0. The molecule has 434 valence electrons. The highest BCUT2D eigenvalue weighted by Gasteiger charge is 2.50. The van der Waals surface area contributed by atoms with E-state index in [9.17, 15) is 0 Å². The number of ether oxygens (including phenoxy) is 1. The molecule has 5 aliphatic rings. The molecule has 13 aromatic rings. The molecule has 0 fully saturated rings. The first-order valence-electron chi connectivity index (χ1n) is 32.2. The Morgan fingerprint density at radius 3 is 1.36 bits per heavy atom. The van der Waals surface area contributed by atoms with Gasteiger partial charge in [0.1, 0.15) is 11.5 Å². The zero-order valence-electron chi connectivity index (χ0n) is 50.6. The van der Waals surface area contributed by atoms with Gasteiger partial charge < -0.3 is 29.2 Å². The minimum absolute atomic E-state index is 0.0944. The van der Waals surface area contributed by atoms with Gasteiger partial charge in [0.15, 0.2) is 0 Å². The van der Waals surface area contributed by atoms with Gasteiger partial charge in [0.05, 0.1) is 17.4 Å². The number of nitrogens with zero attached hydrogens (tertiary/aromatic N) is 5. The van der Waals surface area contributed by atoms with E-state index >= 15 is 0 Å². The number of hydrogen-bond donors (Lipinski definition) is 0. The molecule has 92 heavy (non-hydrogen) atoms. The lowest BCUT2D eigenvalue weighted by atomic mass is 9.30. The van der Waals surface area contributed by atoms with Crippen LogP contribution in [0.5, 0.6) is 11.5 Å². The van der Waals surface area contributed by atoms with Crippen molar-refractivity contribution < 1.29 is 4.74 Å². The normalized spacial score (nSPS) is 15.3. The van der Waals surface area contributed by atoms with Gasteiger partial charge in [-0.15, -0.1) is 0 Å². The van der Waals surface area contributed by atoms with Crippen LogP contribution in [-0.2, 0) is 0 Å². The molecule has 0 aromatic heterocycles. The average molecular weight is 1180 g/mol. The standard InChI is InChI=1S/C84H61B2N5O/c1-9-30-58(31-10-1)68-46-29-47-69(59-32-11-2-12-33-59)84(68)91-76-57-75-72(86-71-49-26-28-51-80(71)92-81-55-67(54-79(83(81)86)90(75)65-44-23-8-24-45-65)88(62-38-17-5-18-39-62)63-40-19-6-20-41-63)56-73(76)85-70-48-25-27-50-74(70)89(64-42-21-7-22-43-64)77-52-66(53-78(91)82(77)85)87(60-34-13-3-14-35-60)61-36-15-4-16-37-61/h1-28,30-46,48-57,69,84H,29,47H2/t69?,84-/m1/s1. The monoisotopic (exact) mass is 1180 g/mol. The molecule has 0 saturated carbocycles. The predicted octanol–water partition coefficient (Wildman–Crippen LogP) is 17.8. The molecule has 6 nitrogen and oxygen atoms in total. The van der Waals surface area contributed by atoms with Crippen LogP contribution in [0.1, 0.15) is 29.9 Å². The fourth-order valence-electron chi connectivity index (χ4n) is 15.8. The summed E-state index contributed by atoms with van der Waals surface area (Å²) in [7, 11) is 0. The molecule has 0 N–H and O–H groups in total. The Bertz CT molecular complexity index is 4870. The summed E-state index contributed by atoms with van der Waals surface area (Å²) in [4.78, 5) is 12.8. The van der Waals surface area contributed by atoms with Gasteiger partial charge in [-0.2, -0.15) is 0 Å². The van der Waals surface area contributed by atoms with Crippen molar-refractivity contribution in [2.75, 3.05) is 24.5 Å². The van der Waals surface area contributed by atoms with E-state index in [0.717, 1.165) is 104 Å². The van der Waals surface area contributed by atoms with E-state index in [1.54, 1.807) is 0 Å². The van der Waals surface area contributed by atoms with Crippen LogP contribution in [0.3, 0.4) is 0 Å². The molecule has 4 heterocycles. The Hall–Kier alpha value is -11.5. The molecular formula is C84H61B2N5O. The maximum absolute atomic E-state index is 7.33. The van der Waals surface area contributed by atoms with E-state index in [0.29, 0.717) is 0 Å². The molecule has 2 atom stereocenters. The molecular weight excluding hydrogens is 1120 g/mol. The van der Waals surface area contributed by atoms with Crippen LogP contribution >= 0.6 is 0 Å². The van der Waals surface area contributed by atoms with Crippen molar-refractivity contribution in [1.29, 1.82) is 0 Å². The zero-order valence-corrected chi connectivity index (χ0v) is 50.6.